The average Bonchev–Trinajstić information content (AvgIpc) is 2.63. The minimum absolute atomic E-state index is 1.03. The van der Waals surface area contributed by atoms with Crippen LogP contribution in [-0.2, 0) is 0 Å². The summed E-state index contributed by atoms with van der Waals surface area (Å²) in [4.78, 5) is 4.14. The molecule has 2 nitrogen and oxygen atoms in total. The number of hydrogen-bond donors (Lipinski definition) is 0. The topological polar surface area (TPSA) is 17.8 Å². The van der Waals surface area contributed by atoms with Crippen LogP contribution in [0.3, 0.4) is 0 Å². The minimum atomic E-state index is 1.03. The summed E-state index contributed by atoms with van der Waals surface area (Å²) in [5.74, 6) is 0. The summed E-state index contributed by atoms with van der Waals surface area (Å²) in [6, 6.07) is 10.2. The Labute approximate surface area is 83.5 Å². The second-order valence-corrected chi connectivity index (χ2v) is 3.19. The van der Waals surface area contributed by atoms with Gasteiger partial charge in [0.1, 0.15) is 0 Å². The number of rotatable bonds is 2. The monoisotopic (exact) mass is 184 g/mol. The van der Waals surface area contributed by atoms with Crippen molar-refractivity contribution >= 4 is 12.3 Å². The number of aromatic nitrogens is 2. The van der Waals surface area contributed by atoms with Gasteiger partial charge in [0.05, 0.1) is 12.0 Å². The molecular formula is C12H12N2. The first-order chi connectivity index (χ1) is 6.84. The molecule has 0 aliphatic rings. The normalized spacial score (nSPS) is 10.9. The van der Waals surface area contributed by atoms with Crippen molar-refractivity contribution in [2.45, 2.75) is 6.92 Å². The van der Waals surface area contributed by atoms with Crippen molar-refractivity contribution in [3.63, 3.8) is 0 Å². The molecule has 0 bridgehead atoms. The molecule has 0 radical (unpaired) electrons. The Morgan fingerprint density at radius 2 is 2.00 bits per heavy atom. The number of nitrogens with zero attached hydrogens (tertiary/aromatic N) is 2. The minimum Gasteiger partial charge on any atom is -0.313 e. The van der Waals surface area contributed by atoms with E-state index in [1.54, 1.807) is 6.33 Å². The molecule has 2 rings (SSSR count). The number of imidazole rings is 1. The molecule has 1 heterocycles. The van der Waals surface area contributed by atoms with Gasteiger partial charge in [-0.15, -0.1) is 0 Å². The average molecular weight is 184 g/mol. The second kappa shape index (κ2) is 3.92. The number of hydrogen-bond acceptors (Lipinski definition) is 1. The fourth-order valence-corrected chi connectivity index (χ4v) is 1.26. The van der Waals surface area contributed by atoms with Crippen LogP contribution in [0.1, 0.15) is 11.3 Å². The molecule has 0 fully saturated rings. The molecule has 0 saturated carbocycles. The first-order valence-corrected chi connectivity index (χ1v) is 4.58. The Morgan fingerprint density at radius 3 is 2.64 bits per heavy atom. The molecule has 0 aliphatic carbocycles. The van der Waals surface area contributed by atoms with Crippen molar-refractivity contribution in [1.29, 1.82) is 0 Å². The zero-order chi connectivity index (χ0) is 9.80. The van der Waals surface area contributed by atoms with Crippen LogP contribution >= 0.6 is 0 Å². The quantitative estimate of drug-likeness (QED) is 0.701. The Kier molecular flexibility index (Phi) is 2.45. The molecule has 0 amide bonds. The van der Waals surface area contributed by atoms with E-state index in [1.807, 2.05) is 42.1 Å². The van der Waals surface area contributed by atoms with E-state index in [2.05, 4.69) is 23.2 Å². The van der Waals surface area contributed by atoms with Gasteiger partial charge in [-0.3, -0.25) is 0 Å². The van der Waals surface area contributed by atoms with E-state index in [4.69, 9.17) is 0 Å². The Hall–Kier alpha value is -1.83. The largest absolute Gasteiger partial charge is 0.313 e. The van der Waals surface area contributed by atoms with Crippen LogP contribution in [0.15, 0.2) is 42.9 Å². The Balaban J connectivity index is 2.15. The maximum atomic E-state index is 4.14. The second-order valence-electron chi connectivity index (χ2n) is 3.19. The lowest BCUT2D eigenvalue weighted by molar-refractivity contribution is 1.14. The smallest absolute Gasteiger partial charge is 0.0990 e. The molecular weight excluding hydrogens is 172 g/mol. The maximum Gasteiger partial charge on any atom is 0.0990 e. The summed E-state index contributed by atoms with van der Waals surface area (Å²) in [5.41, 5.74) is 2.22. The molecule has 0 aliphatic heterocycles. The summed E-state index contributed by atoms with van der Waals surface area (Å²) < 4.78 is 1.95. The van der Waals surface area contributed by atoms with E-state index in [0.717, 1.165) is 5.69 Å². The highest BCUT2D eigenvalue weighted by atomic mass is 15.0. The molecule has 0 spiro atoms. The van der Waals surface area contributed by atoms with Crippen LogP contribution in [0.5, 0.6) is 0 Å². The van der Waals surface area contributed by atoms with Gasteiger partial charge in [0.15, 0.2) is 0 Å². The van der Waals surface area contributed by atoms with Crippen LogP contribution in [0.2, 0.25) is 0 Å². The van der Waals surface area contributed by atoms with Crippen LogP contribution < -0.4 is 0 Å². The summed E-state index contributed by atoms with van der Waals surface area (Å²) in [6.45, 7) is 1.98. The van der Waals surface area contributed by atoms with Crippen molar-refractivity contribution < 1.29 is 0 Å². The van der Waals surface area contributed by atoms with Gasteiger partial charge < -0.3 is 4.57 Å². The van der Waals surface area contributed by atoms with E-state index in [1.165, 1.54) is 5.56 Å². The van der Waals surface area contributed by atoms with Gasteiger partial charge >= 0.3 is 0 Å². The Morgan fingerprint density at radius 1 is 1.21 bits per heavy atom. The summed E-state index contributed by atoms with van der Waals surface area (Å²) >= 11 is 0. The fraction of sp³-hybridized carbons (Fsp3) is 0.0833. The van der Waals surface area contributed by atoms with E-state index < -0.39 is 0 Å². The number of benzene rings is 1. The van der Waals surface area contributed by atoms with Crippen molar-refractivity contribution in [2.75, 3.05) is 0 Å². The van der Waals surface area contributed by atoms with Crippen LogP contribution in [0, 0.1) is 6.92 Å². The maximum absolute atomic E-state index is 4.14. The third-order valence-corrected chi connectivity index (χ3v) is 1.97. The molecule has 2 heteroatoms. The Bertz CT molecular complexity index is 427. The molecule has 2 aromatic rings. The molecule has 0 atom stereocenters. The van der Waals surface area contributed by atoms with Gasteiger partial charge in [-0.25, -0.2) is 4.98 Å². The lowest BCUT2D eigenvalue weighted by atomic mass is 10.2. The first kappa shape index (κ1) is 8.75. The molecule has 1 aromatic carbocycles. The lowest BCUT2D eigenvalue weighted by Gasteiger charge is -1.92. The summed E-state index contributed by atoms with van der Waals surface area (Å²) in [7, 11) is 0. The SMILES string of the molecule is Cc1cn(/C=C/c2ccccc2)cn1. The lowest BCUT2D eigenvalue weighted by Crippen LogP contribution is -1.78. The first-order valence-electron chi connectivity index (χ1n) is 4.58. The van der Waals surface area contributed by atoms with E-state index in [0.29, 0.717) is 0 Å². The van der Waals surface area contributed by atoms with E-state index in [-0.39, 0.29) is 0 Å². The van der Waals surface area contributed by atoms with Crippen LogP contribution in [0.25, 0.3) is 12.3 Å². The van der Waals surface area contributed by atoms with E-state index in [9.17, 15) is 0 Å². The molecule has 0 saturated heterocycles. The van der Waals surface area contributed by atoms with E-state index >= 15 is 0 Å². The van der Waals surface area contributed by atoms with Gasteiger partial charge in [-0.1, -0.05) is 30.3 Å². The molecule has 1 aromatic heterocycles. The molecule has 70 valence electrons. The summed E-state index contributed by atoms with van der Waals surface area (Å²) in [6.07, 6.45) is 7.84. The highest BCUT2D eigenvalue weighted by Gasteiger charge is 1.87. The van der Waals surface area contributed by atoms with Gasteiger partial charge in [0.2, 0.25) is 0 Å². The standard InChI is InChI=1S/C12H12N2/c1-11-9-14(10-13-11)8-7-12-5-3-2-4-6-12/h2-10H,1H3/b8-7+. The van der Waals surface area contributed by atoms with Gasteiger partial charge in [0, 0.05) is 12.4 Å². The van der Waals surface area contributed by atoms with Crippen LogP contribution in [0.4, 0.5) is 0 Å². The highest BCUT2D eigenvalue weighted by molar-refractivity contribution is 5.60. The van der Waals surface area contributed by atoms with Crippen molar-refractivity contribution in [2.24, 2.45) is 0 Å². The van der Waals surface area contributed by atoms with Crippen molar-refractivity contribution in [3.05, 3.63) is 54.1 Å². The van der Waals surface area contributed by atoms with Gasteiger partial charge in [0.25, 0.3) is 0 Å². The third kappa shape index (κ3) is 2.10. The fourth-order valence-electron chi connectivity index (χ4n) is 1.26. The van der Waals surface area contributed by atoms with Crippen molar-refractivity contribution in [1.82, 2.24) is 9.55 Å². The van der Waals surface area contributed by atoms with Crippen molar-refractivity contribution in [3.8, 4) is 0 Å². The van der Waals surface area contributed by atoms with Gasteiger partial charge in [-0.2, -0.15) is 0 Å². The third-order valence-electron chi connectivity index (χ3n) is 1.97. The predicted octanol–water partition coefficient (Wildman–Crippen LogP) is 2.82. The highest BCUT2D eigenvalue weighted by Crippen LogP contribution is 2.03. The zero-order valence-corrected chi connectivity index (χ0v) is 8.09. The molecule has 0 N–H and O–H groups in total. The summed E-state index contributed by atoms with van der Waals surface area (Å²) in [5, 5.41) is 0. The van der Waals surface area contributed by atoms with Crippen LogP contribution in [-0.4, -0.2) is 9.55 Å². The van der Waals surface area contributed by atoms with Gasteiger partial charge in [-0.05, 0) is 18.6 Å². The number of aryl methyl sites for hydroxylation is 1. The zero-order valence-electron chi connectivity index (χ0n) is 8.09. The predicted molar refractivity (Wildman–Crippen MR) is 58.6 cm³/mol. The molecule has 0 unspecified atom stereocenters. The molecule has 14 heavy (non-hydrogen) atoms.